The van der Waals surface area contributed by atoms with Gasteiger partial charge in [0.1, 0.15) is 11.8 Å². The number of amides is 1. The van der Waals surface area contributed by atoms with Crippen LogP contribution in [-0.2, 0) is 20.8 Å². The molecule has 1 aromatic carbocycles. The van der Waals surface area contributed by atoms with Crippen LogP contribution in [-0.4, -0.2) is 56.0 Å². The van der Waals surface area contributed by atoms with E-state index >= 15 is 0 Å². The average Bonchev–Trinajstić information content (AvgIpc) is 3.21. The van der Waals surface area contributed by atoms with E-state index in [1.807, 2.05) is 22.7 Å². The smallest absolute Gasteiger partial charge is 0.475 e. The molecule has 2 aliphatic carbocycles. The minimum atomic E-state index is -5.08. The Hall–Kier alpha value is -4.43. The van der Waals surface area contributed by atoms with Gasteiger partial charge in [-0.3, -0.25) is 4.79 Å². The van der Waals surface area contributed by atoms with Crippen LogP contribution in [0.5, 0.6) is 0 Å². The summed E-state index contributed by atoms with van der Waals surface area (Å²) in [5.41, 5.74) is 6.92. The monoisotopic (exact) mass is 575 g/mol. The Balaban J connectivity index is 0.000000263. The van der Waals surface area contributed by atoms with Crippen molar-refractivity contribution >= 4 is 35.4 Å². The van der Waals surface area contributed by atoms with Crippen molar-refractivity contribution in [2.45, 2.75) is 38.3 Å². The largest absolute Gasteiger partial charge is 0.490 e. The van der Waals surface area contributed by atoms with Crippen molar-refractivity contribution in [1.29, 1.82) is 0 Å². The summed E-state index contributed by atoms with van der Waals surface area (Å²) in [5, 5.41) is 17.0. The number of carbonyl (C=O) groups is 3. The van der Waals surface area contributed by atoms with E-state index < -0.39 is 36.4 Å². The summed E-state index contributed by atoms with van der Waals surface area (Å²) < 4.78 is 78.4. The molecule has 0 aliphatic heterocycles. The van der Waals surface area contributed by atoms with Crippen LogP contribution in [0.4, 0.5) is 36.6 Å². The van der Waals surface area contributed by atoms with Gasteiger partial charge in [0.15, 0.2) is 5.82 Å². The van der Waals surface area contributed by atoms with Crippen LogP contribution < -0.4 is 5.32 Å². The quantitative estimate of drug-likeness (QED) is 0.358. The summed E-state index contributed by atoms with van der Waals surface area (Å²) in [6, 6.07) is 8.45. The standard InChI is InChI=1S/C21H18FN3O.2C2HF3O2/c1-12-7-13-3-2-4-14(13)8-16(12)15-5-6-20-23-19(11-25(20)10-15)24-21(26)17-9-18(17)22;2*3-2(4,5)1(6)7/h2-3,5-8,10-11,17-18H,4,9H2,1H3,(H,24,26);2*(H,6,7)/t17-,18+;;/m1../s1. The van der Waals surface area contributed by atoms with Gasteiger partial charge in [0, 0.05) is 6.20 Å². The maximum Gasteiger partial charge on any atom is 0.490 e. The second-order valence-corrected chi connectivity index (χ2v) is 8.74. The number of carboxylic acids is 2. The van der Waals surface area contributed by atoms with E-state index in [-0.39, 0.29) is 5.91 Å². The van der Waals surface area contributed by atoms with Gasteiger partial charge in [-0.15, -0.1) is 0 Å². The van der Waals surface area contributed by atoms with E-state index in [4.69, 9.17) is 19.8 Å². The van der Waals surface area contributed by atoms with Crippen LogP contribution in [0.1, 0.15) is 23.1 Å². The van der Waals surface area contributed by atoms with Gasteiger partial charge in [0.25, 0.3) is 0 Å². The van der Waals surface area contributed by atoms with Gasteiger partial charge in [-0.05, 0) is 65.8 Å². The lowest BCUT2D eigenvalue weighted by molar-refractivity contribution is -0.193. The average molecular weight is 575 g/mol. The number of pyridine rings is 1. The minimum Gasteiger partial charge on any atom is -0.475 e. The van der Waals surface area contributed by atoms with Gasteiger partial charge in [0.05, 0.1) is 12.1 Å². The van der Waals surface area contributed by atoms with Crippen LogP contribution in [0.3, 0.4) is 0 Å². The van der Waals surface area contributed by atoms with E-state index in [1.165, 1.54) is 22.3 Å². The number of aromatic nitrogens is 2. The molecule has 2 aromatic heterocycles. The number of carbonyl (C=O) groups excluding carboxylic acids is 1. The van der Waals surface area contributed by atoms with E-state index in [0.29, 0.717) is 12.2 Å². The SMILES string of the molecule is Cc1cc2c(cc1-c1ccc3nc(NC(=O)[C@@H]4C[C@@H]4F)cn3c1)CC=C2.O=C(O)C(F)(F)F.O=C(O)C(F)(F)F. The zero-order chi connectivity index (χ0) is 30.0. The number of alkyl halides is 7. The summed E-state index contributed by atoms with van der Waals surface area (Å²) in [7, 11) is 0. The Kier molecular flexibility index (Phi) is 8.55. The number of aryl methyl sites for hydroxylation is 1. The minimum absolute atomic E-state index is 0.289. The van der Waals surface area contributed by atoms with E-state index in [2.05, 4.69) is 41.5 Å². The third kappa shape index (κ3) is 7.57. The molecule has 214 valence electrons. The number of carboxylic acid groups (broad SMARTS) is 2. The summed E-state index contributed by atoms with van der Waals surface area (Å²) in [4.78, 5) is 34.1. The molecule has 5 rings (SSSR count). The molecule has 0 saturated heterocycles. The van der Waals surface area contributed by atoms with Crippen LogP contribution in [0, 0.1) is 12.8 Å². The van der Waals surface area contributed by atoms with E-state index in [9.17, 15) is 35.5 Å². The third-order valence-corrected chi connectivity index (χ3v) is 5.67. The molecule has 1 amide bonds. The Bertz CT molecular complexity index is 1450. The van der Waals surface area contributed by atoms with Crippen molar-refractivity contribution in [3.63, 3.8) is 0 Å². The molecule has 0 spiro atoms. The number of rotatable bonds is 3. The summed E-state index contributed by atoms with van der Waals surface area (Å²) in [6.45, 7) is 2.12. The first-order valence-corrected chi connectivity index (χ1v) is 11.3. The van der Waals surface area contributed by atoms with Gasteiger partial charge < -0.3 is 19.9 Å². The normalized spacial score (nSPS) is 17.2. The van der Waals surface area contributed by atoms with Crippen molar-refractivity contribution in [3.8, 4) is 11.1 Å². The number of fused-ring (bicyclic) bond motifs is 2. The first kappa shape index (κ1) is 30.1. The van der Waals surface area contributed by atoms with Gasteiger partial charge in [0.2, 0.25) is 5.91 Å². The lowest BCUT2D eigenvalue weighted by Gasteiger charge is -2.10. The number of anilines is 1. The lowest BCUT2D eigenvalue weighted by atomic mass is 9.96. The first-order chi connectivity index (χ1) is 18.5. The predicted molar refractivity (Wildman–Crippen MR) is 127 cm³/mol. The maximum atomic E-state index is 13.0. The molecule has 8 nitrogen and oxygen atoms in total. The van der Waals surface area contributed by atoms with Crippen molar-refractivity contribution < 1.29 is 55.3 Å². The number of allylic oxidation sites excluding steroid dienone is 1. The highest BCUT2D eigenvalue weighted by molar-refractivity contribution is 5.94. The molecule has 2 aliphatic rings. The summed E-state index contributed by atoms with van der Waals surface area (Å²) >= 11 is 0. The van der Waals surface area contributed by atoms with Crippen molar-refractivity contribution in [1.82, 2.24) is 9.38 Å². The third-order valence-electron chi connectivity index (χ3n) is 5.67. The molecule has 2 heterocycles. The second kappa shape index (κ2) is 11.4. The van der Waals surface area contributed by atoms with Crippen LogP contribution in [0.15, 0.2) is 42.7 Å². The number of hydrogen-bond donors (Lipinski definition) is 3. The zero-order valence-electron chi connectivity index (χ0n) is 20.3. The second-order valence-electron chi connectivity index (χ2n) is 8.74. The van der Waals surface area contributed by atoms with E-state index in [0.717, 1.165) is 17.6 Å². The Morgan fingerprint density at radius 2 is 1.57 bits per heavy atom. The molecule has 3 aromatic rings. The first-order valence-electron chi connectivity index (χ1n) is 11.3. The molecular weight excluding hydrogens is 555 g/mol. The molecule has 40 heavy (non-hydrogen) atoms. The van der Waals surface area contributed by atoms with Crippen LogP contribution in [0.2, 0.25) is 0 Å². The highest BCUT2D eigenvalue weighted by atomic mass is 19.4. The van der Waals surface area contributed by atoms with Crippen molar-refractivity contribution in [2.24, 2.45) is 5.92 Å². The fourth-order valence-corrected chi connectivity index (χ4v) is 3.60. The summed E-state index contributed by atoms with van der Waals surface area (Å²) in [6.07, 6.45) is -1.73. The van der Waals surface area contributed by atoms with Crippen LogP contribution >= 0.6 is 0 Å². The molecule has 1 saturated carbocycles. The highest BCUT2D eigenvalue weighted by Gasteiger charge is 2.44. The fourth-order valence-electron chi connectivity index (χ4n) is 3.60. The highest BCUT2D eigenvalue weighted by Crippen LogP contribution is 2.35. The van der Waals surface area contributed by atoms with Gasteiger partial charge in [-0.25, -0.2) is 19.0 Å². The molecule has 15 heteroatoms. The molecule has 2 atom stereocenters. The van der Waals surface area contributed by atoms with E-state index in [1.54, 1.807) is 6.20 Å². The Labute approximate surface area is 220 Å². The van der Waals surface area contributed by atoms with Gasteiger partial charge in [-0.1, -0.05) is 18.2 Å². The number of nitrogens with zero attached hydrogens (tertiary/aromatic N) is 2. The predicted octanol–water partition coefficient (Wildman–Crippen LogP) is 5.44. The topological polar surface area (TPSA) is 121 Å². The molecule has 0 radical (unpaired) electrons. The number of benzene rings is 1. The molecule has 0 unspecified atom stereocenters. The Morgan fingerprint density at radius 3 is 2.10 bits per heavy atom. The Morgan fingerprint density at radius 1 is 1.00 bits per heavy atom. The molecule has 1 fully saturated rings. The van der Waals surface area contributed by atoms with Gasteiger partial charge >= 0.3 is 24.3 Å². The molecule has 0 bridgehead atoms. The van der Waals surface area contributed by atoms with Gasteiger partial charge in [-0.2, -0.15) is 26.3 Å². The maximum absolute atomic E-state index is 13.0. The number of nitrogens with one attached hydrogen (secondary N) is 1. The summed E-state index contributed by atoms with van der Waals surface area (Å²) in [5.74, 6) is -5.86. The number of hydrogen-bond acceptors (Lipinski definition) is 4. The number of aliphatic carboxylic acids is 2. The van der Waals surface area contributed by atoms with Crippen molar-refractivity contribution in [2.75, 3.05) is 5.32 Å². The molecular formula is C25H20F7N3O5. The zero-order valence-corrected chi connectivity index (χ0v) is 20.3. The number of halogens is 7. The molecule has 3 N–H and O–H groups in total. The number of imidazole rings is 1. The van der Waals surface area contributed by atoms with Crippen molar-refractivity contribution in [3.05, 3.63) is 59.4 Å². The lowest BCUT2D eigenvalue weighted by Crippen LogP contribution is -2.21. The van der Waals surface area contributed by atoms with Crippen LogP contribution in [0.25, 0.3) is 22.9 Å². The fraction of sp³-hybridized carbons (Fsp3) is 0.280.